The molecule has 4 nitrogen and oxygen atoms in total. The van der Waals surface area contributed by atoms with E-state index in [0.717, 1.165) is 5.75 Å². The predicted octanol–water partition coefficient (Wildman–Crippen LogP) is 2.75. The van der Waals surface area contributed by atoms with Crippen molar-refractivity contribution in [3.05, 3.63) is 28.2 Å². The first kappa shape index (κ1) is 18.2. The molecule has 0 aliphatic heterocycles. The summed E-state index contributed by atoms with van der Waals surface area (Å²) in [4.78, 5) is 11.8. The van der Waals surface area contributed by atoms with Crippen molar-refractivity contribution in [3.8, 4) is 5.75 Å². The molecule has 0 fully saturated rings. The summed E-state index contributed by atoms with van der Waals surface area (Å²) in [7, 11) is 0. The van der Waals surface area contributed by atoms with Gasteiger partial charge in [-0.25, -0.2) is 0 Å². The average Bonchev–Trinajstić information content (AvgIpc) is 2.44. The molecule has 0 saturated heterocycles. The van der Waals surface area contributed by atoms with Crippen LogP contribution in [0, 0.1) is 0 Å². The van der Waals surface area contributed by atoms with E-state index in [2.05, 4.69) is 26.0 Å². The van der Waals surface area contributed by atoms with Crippen LogP contribution in [-0.2, 0) is 11.3 Å². The smallest absolute Gasteiger partial charge is 0.387 e. The number of ether oxygens (including phenoxy) is 1. The van der Waals surface area contributed by atoms with E-state index in [4.69, 9.17) is 5.73 Å². The second kappa shape index (κ2) is 9.22. The normalized spacial score (nSPS) is 12.3. The summed E-state index contributed by atoms with van der Waals surface area (Å²) in [6, 6.07) is 4.02. The van der Waals surface area contributed by atoms with E-state index < -0.39 is 12.7 Å². The summed E-state index contributed by atoms with van der Waals surface area (Å²) in [5.41, 5.74) is 6.18. The van der Waals surface area contributed by atoms with Crippen LogP contribution in [0.4, 0.5) is 8.78 Å². The summed E-state index contributed by atoms with van der Waals surface area (Å²) in [5.74, 6) is 0.504. The van der Waals surface area contributed by atoms with Gasteiger partial charge in [0.25, 0.3) is 0 Å². The molecule has 21 heavy (non-hydrogen) atoms. The highest BCUT2D eigenvalue weighted by atomic mass is 79.9. The number of hydrogen-bond acceptors (Lipinski definition) is 4. The van der Waals surface area contributed by atoms with E-state index in [9.17, 15) is 13.6 Å². The van der Waals surface area contributed by atoms with Gasteiger partial charge in [-0.15, -0.1) is 0 Å². The second-order valence-electron chi connectivity index (χ2n) is 4.24. The lowest BCUT2D eigenvalue weighted by Gasteiger charge is -2.14. The van der Waals surface area contributed by atoms with E-state index in [-0.39, 0.29) is 18.2 Å². The zero-order chi connectivity index (χ0) is 15.8. The molecule has 0 unspecified atom stereocenters. The lowest BCUT2D eigenvalue weighted by atomic mass is 10.2. The third-order valence-corrected chi connectivity index (χ3v) is 3.80. The van der Waals surface area contributed by atoms with Crippen LogP contribution in [0.5, 0.6) is 5.75 Å². The van der Waals surface area contributed by atoms with Crippen LogP contribution >= 0.6 is 27.7 Å². The Hall–Kier alpha value is -0.860. The van der Waals surface area contributed by atoms with E-state index in [1.54, 1.807) is 23.9 Å². The van der Waals surface area contributed by atoms with Gasteiger partial charge in [0.1, 0.15) is 5.75 Å². The van der Waals surface area contributed by atoms with Crippen LogP contribution in [0.2, 0.25) is 0 Å². The maximum absolute atomic E-state index is 12.3. The Morgan fingerprint density at radius 3 is 2.86 bits per heavy atom. The molecule has 0 aliphatic carbocycles. The molecule has 0 radical (unpaired) electrons. The Kier molecular flexibility index (Phi) is 7.98. The van der Waals surface area contributed by atoms with Crippen LogP contribution in [-0.4, -0.2) is 30.6 Å². The molecule has 0 heterocycles. The minimum Gasteiger partial charge on any atom is -0.434 e. The van der Waals surface area contributed by atoms with Crippen LogP contribution in [0.25, 0.3) is 0 Å². The van der Waals surface area contributed by atoms with Crippen molar-refractivity contribution < 1.29 is 18.3 Å². The Labute approximate surface area is 134 Å². The predicted molar refractivity (Wildman–Crippen MR) is 83.6 cm³/mol. The number of hydrogen-bond donors (Lipinski definition) is 2. The molecular weight excluding hydrogens is 366 g/mol. The molecule has 118 valence electrons. The number of carbonyl (C=O) groups excluding carboxylic acids is 1. The highest BCUT2D eigenvalue weighted by Gasteiger charge is 2.15. The number of rotatable bonds is 8. The fourth-order valence-electron chi connectivity index (χ4n) is 1.59. The Bertz CT molecular complexity index is 477. The molecule has 8 heteroatoms. The van der Waals surface area contributed by atoms with Gasteiger partial charge in [0.2, 0.25) is 5.91 Å². The average molecular weight is 383 g/mol. The first-order chi connectivity index (χ1) is 9.93. The number of nitrogens with two attached hydrogens (primary N) is 1. The lowest BCUT2D eigenvalue weighted by Crippen LogP contribution is -2.40. The molecule has 1 aromatic rings. The number of thioether (sulfide) groups is 1. The van der Waals surface area contributed by atoms with Gasteiger partial charge in [-0.3, -0.25) is 4.79 Å². The maximum atomic E-state index is 12.3. The highest BCUT2D eigenvalue weighted by Crippen LogP contribution is 2.24. The molecule has 0 bridgehead atoms. The van der Waals surface area contributed by atoms with Crippen LogP contribution in [0.3, 0.4) is 0 Å². The largest absolute Gasteiger partial charge is 0.434 e. The SMILES string of the molecule is CSCC[C@H](N)C(=O)NCc1cc(Br)ccc1OC(F)F. The van der Waals surface area contributed by atoms with Crippen molar-refractivity contribution in [2.24, 2.45) is 5.73 Å². The Morgan fingerprint density at radius 2 is 2.24 bits per heavy atom. The summed E-state index contributed by atoms with van der Waals surface area (Å²) >= 11 is 4.85. The van der Waals surface area contributed by atoms with E-state index in [1.165, 1.54) is 6.07 Å². The number of nitrogens with one attached hydrogen (secondary N) is 1. The zero-order valence-corrected chi connectivity index (χ0v) is 13.8. The van der Waals surface area contributed by atoms with Gasteiger partial charge in [0.05, 0.1) is 6.04 Å². The van der Waals surface area contributed by atoms with Gasteiger partial charge < -0.3 is 15.8 Å². The van der Waals surface area contributed by atoms with Crippen LogP contribution in [0.15, 0.2) is 22.7 Å². The quantitative estimate of drug-likeness (QED) is 0.725. The number of amides is 1. The zero-order valence-electron chi connectivity index (χ0n) is 11.4. The molecular formula is C13H17BrF2N2O2S. The second-order valence-corrected chi connectivity index (χ2v) is 6.14. The number of benzene rings is 1. The fourth-order valence-corrected chi connectivity index (χ4v) is 2.48. The first-order valence-corrected chi connectivity index (χ1v) is 8.38. The number of alkyl halides is 2. The summed E-state index contributed by atoms with van der Waals surface area (Å²) in [6.07, 6.45) is 2.49. The Balaban J connectivity index is 2.65. The standard InChI is InChI=1S/C13H17BrF2N2O2S/c1-21-5-4-10(17)12(19)18-7-8-6-9(14)2-3-11(8)20-13(15)16/h2-3,6,10,13H,4-5,7,17H2,1H3,(H,18,19)/t10-/m0/s1. The van der Waals surface area contributed by atoms with Gasteiger partial charge in [-0.05, 0) is 36.6 Å². The summed E-state index contributed by atoms with van der Waals surface area (Å²) in [5, 5.41) is 2.63. The fraction of sp³-hybridized carbons (Fsp3) is 0.462. The van der Waals surface area contributed by atoms with Crippen molar-refractivity contribution in [1.29, 1.82) is 0 Å². The molecule has 1 rings (SSSR count). The first-order valence-electron chi connectivity index (χ1n) is 6.19. The van der Waals surface area contributed by atoms with Crippen molar-refractivity contribution in [2.75, 3.05) is 12.0 Å². The van der Waals surface area contributed by atoms with Gasteiger partial charge >= 0.3 is 6.61 Å². The lowest BCUT2D eigenvalue weighted by molar-refractivity contribution is -0.122. The van der Waals surface area contributed by atoms with Crippen molar-refractivity contribution in [2.45, 2.75) is 25.6 Å². The van der Waals surface area contributed by atoms with E-state index in [0.29, 0.717) is 16.5 Å². The number of carbonyl (C=O) groups is 1. The van der Waals surface area contributed by atoms with Crippen molar-refractivity contribution in [3.63, 3.8) is 0 Å². The molecule has 0 spiro atoms. The van der Waals surface area contributed by atoms with E-state index in [1.807, 2.05) is 6.26 Å². The number of halogens is 3. The molecule has 1 atom stereocenters. The molecule has 3 N–H and O–H groups in total. The monoisotopic (exact) mass is 382 g/mol. The third-order valence-electron chi connectivity index (χ3n) is 2.66. The van der Waals surface area contributed by atoms with Crippen LogP contribution < -0.4 is 15.8 Å². The third kappa shape index (κ3) is 6.62. The highest BCUT2D eigenvalue weighted by molar-refractivity contribution is 9.10. The molecule has 0 saturated carbocycles. The molecule has 0 aliphatic rings. The van der Waals surface area contributed by atoms with Gasteiger partial charge in [0.15, 0.2) is 0 Å². The van der Waals surface area contributed by atoms with Crippen molar-refractivity contribution >= 4 is 33.6 Å². The van der Waals surface area contributed by atoms with E-state index >= 15 is 0 Å². The minimum atomic E-state index is -2.91. The van der Waals surface area contributed by atoms with Crippen LogP contribution in [0.1, 0.15) is 12.0 Å². The van der Waals surface area contributed by atoms with Crippen molar-refractivity contribution in [1.82, 2.24) is 5.32 Å². The van der Waals surface area contributed by atoms with Gasteiger partial charge in [-0.2, -0.15) is 20.5 Å². The molecule has 1 amide bonds. The summed E-state index contributed by atoms with van der Waals surface area (Å²) < 4.78 is 29.8. The van der Waals surface area contributed by atoms with Gasteiger partial charge in [-0.1, -0.05) is 15.9 Å². The Morgan fingerprint density at radius 1 is 1.52 bits per heavy atom. The molecule has 0 aromatic heterocycles. The molecule has 1 aromatic carbocycles. The maximum Gasteiger partial charge on any atom is 0.387 e. The van der Waals surface area contributed by atoms with Gasteiger partial charge in [0, 0.05) is 16.6 Å². The summed E-state index contributed by atoms with van der Waals surface area (Å²) in [6.45, 7) is -2.84. The minimum absolute atomic E-state index is 0.0335. The topological polar surface area (TPSA) is 64.4 Å².